The highest BCUT2D eigenvalue weighted by Crippen LogP contribution is 2.52. The summed E-state index contributed by atoms with van der Waals surface area (Å²) in [7, 11) is 1.68. The topological polar surface area (TPSA) is 39.7 Å². The maximum Gasteiger partial charge on any atom is 0.166 e. The first kappa shape index (κ1) is 17.5. The molecule has 138 valence electrons. The van der Waals surface area contributed by atoms with Crippen molar-refractivity contribution >= 4 is 17.3 Å². The van der Waals surface area contributed by atoms with Gasteiger partial charge in [0.15, 0.2) is 11.5 Å². The van der Waals surface area contributed by atoms with Crippen LogP contribution >= 0.6 is 11.6 Å². The van der Waals surface area contributed by atoms with E-state index in [0.717, 1.165) is 52.8 Å². The van der Waals surface area contributed by atoms with Crippen LogP contribution in [0.5, 0.6) is 11.5 Å². The predicted octanol–water partition coefficient (Wildman–Crippen LogP) is 5.38. The van der Waals surface area contributed by atoms with Crippen molar-refractivity contribution in [2.24, 2.45) is 5.92 Å². The number of hydrogen-bond acceptors (Lipinski definition) is 4. The molecule has 4 rings (SSSR count). The lowest BCUT2D eigenvalue weighted by molar-refractivity contribution is -0.0383. The summed E-state index contributed by atoms with van der Waals surface area (Å²) in [5.74, 6) is 1.90. The van der Waals surface area contributed by atoms with Crippen LogP contribution in [0.25, 0.3) is 0 Å². The van der Waals surface area contributed by atoms with E-state index in [4.69, 9.17) is 25.8 Å². The third kappa shape index (κ3) is 3.01. The fraction of sp³-hybridized carbons (Fsp3) is 0.429. The lowest BCUT2D eigenvalue weighted by atomic mass is 9.77. The number of fused-ring (bicyclic) bond motifs is 3. The van der Waals surface area contributed by atoms with Crippen molar-refractivity contribution in [1.29, 1.82) is 0 Å². The number of hydrogen-bond donors (Lipinski definition) is 1. The highest BCUT2D eigenvalue weighted by atomic mass is 35.5. The molecule has 5 heteroatoms. The molecule has 1 saturated heterocycles. The van der Waals surface area contributed by atoms with Gasteiger partial charge in [0.2, 0.25) is 0 Å². The zero-order valence-corrected chi connectivity index (χ0v) is 15.9. The van der Waals surface area contributed by atoms with E-state index in [1.807, 2.05) is 37.3 Å². The Morgan fingerprint density at radius 2 is 2.12 bits per heavy atom. The van der Waals surface area contributed by atoms with Gasteiger partial charge in [0.1, 0.15) is 0 Å². The second kappa shape index (κ2) is 7.37. The summed E-state index contributed by atoms with van der Waals surface area (Å²) >= 11 is 6.25. The SMILES string of the molecule is CCOc1c(OC)cccc1[C@H]1Nc2ccc(Cl)cc2[C@H]2OCCC[C@@H]12. The Morgan fingerprint density at radius 1 is 1.23 bits per heavy atom. The minimum Gasteiger partial charge on any atom is -0.493 e. The number of para-hydroxylation sites is 1. The van der Waals surface area contributed by atoms with Gasteiger partial charge < -0.3 is 19.5 Å². The Bertz CT molecular complexity index is 795. The smallest absolute Gasteiger partial charge is 0.166 e. The Hall–Kier alpha value is -1.91. The average molecular weight is 374 g/mol. The minimum absolute atomic E-state index is 0.0457. The number of methoxy groups -OCH3 is 1. The molecule has 0 amide bonds. The van der Waals surface area contributed by atoms with Gasteiger partial charge in [-0.2, -0.15) is 0 Å². The molecule has 0 saturated carbocycles. The quantitative estimate of drug-likeness (QED) is 0.780. The normalized spacial score (nSPS) is 24.2. The number of benzene rings is 2. The standard InChI is InChI=1S/C21H24ClNO3/c1-3-25-21-15(6-4-8-18(21)24-2)19-14-7-5-11-26-20(14)16-12-13(22)9-10-17(16)23-19/h4,6,8-10,12,14,19-20,23H,3,5,7,11H2,1-2H3/t14-,19-,20-/m0/s1. The number of rotatable bonds is 4. The van der Waals surface area contributed by atoms with Crippen LogP contribution in [-0.2, 0) is 4.74 Å². The fourth-order valence-electron chi connectivity index (χ4n) is 4.19. The monoisotopic (exact) mass is 373 g/mol. The van der Waals surface area contributed by atoms with Gasteiger partial charge >= 0.3 is 0 Å². The van der Waals surface area contributed by atoms with Gasteiger partial charge in [-0.3, -0.25) is 0 Å². The summed E-state index contributed by atoms with van der Waals surface area (Å²) in [6.07, 6.45) is 2.20. The van der Waals surface area contributed by atoms with Crippen molar-refractivity contribution in [3.63, 3.8) is 0 Å². The third-order valence-electron chi connectivity index (χ3n) is 5.28. The minimum atomic E-state index is 0.0457. The number of nitrogens with one attached hydrogen (secondary N) is 1. The second-order valence-electron chi connectivity index (χ2n) is 6.76. The maximum atomic E-state index is 6.25. The molecule has 0 aliphatic carbocycles. The Kier molecular flexibility index (Phi) is 4.96. The van der Waals surface area contributed by atoms with E-state index in [1.165, 1.54) is 0 Å². The van der Waals surface area contributed by atoms with Crippen molar-refractivity contribution in [1.82, 2.24) is 0 Å². The molecule has 0 spiro atoms. The van der Waals surface area contributed by atoms with Gasteiger partial charge in [0.05, 0.1) is 25.9 Å². The summed E-state index contributed by atoms with van der Waals surface area (Å²) in [6, 6.07) is 12.2. The number of ether oxygens (including phenoxy) is 3. The first-order chi connectivity index (χ1) is 12.7. The zero-order valence-electron chi connectivity index (χ0n) is 15.1. The molecule has 2 heterocycles. The van der Waals surface area contributed by atoms with Gasteiger partial charge in [-0.05, 0) is 44.0 Å². The molecule has 26 heavy (non-hydrogen) atoms. The molecule has 0 bridgehead atoms. The van der Waals surface area contributed by atoms with Crippen molar-refractivity contribution in [3.05, 3.63) is 52.5 Å². The molecule has 0 unspecified atom stereocenters. The average Bonchev–Trinajstić information content (AvgIpc) is 2.68. The van der Waals surface area contributed by atoms with Gasteiger partial charge in [-0.15, -0.1) is 0 Å². The summed E-state index contributed by atoms with van der Waals surface area (Å²) in [5.41, 5.74) is 3.35. The van der Waals surface area contributed by atoms with Crippen LogP contribution in [0.15, 0.2) is 36.4 Å². The van der Waals surface area contributed by atoms with E-state index in [1.54, 1.807) is 7.11 Å². The second-order valence-corrected chi connectivity index (χ2v) is 7.20. The van der Waals surface area contributed by atoms with Crippen LogP contribution in [0.2, 0.25) is 5.02 Å². The molecule has 2 aliphatic heterocycles. The van der Waals surface area contributed by atoms with Crippen LogP contribution in [0.1, 0.15) is 43.0 Å². The molecule has 4 nitrogen and oxygen atoms in total. The fourth-order valence-corrected chi connectivity index (χ4v) is 4.37. The molecule has 1 fully saturated rings. The van der Waals surface area contributed by atoms with Gasteiger partial charge in [-0.25, -0.2) is 0 Å². The molecular formula is C21H24ClNO3. The van der Waals surface area contributed by atoms with E-state index in [-0.39, 0.29) is 12.1 Å². The van der Waals surface area contributed by atoms with Crippen LogP contribution in [-0.4, -0.2) is 20.3 Å². The molecule has 2 aromatic rings. The zero-order chi connectivity index (χ0) is 18.1. The van der Waals surface area contributed by atoms with Gasteiger partial charge in [-0.1, -0.05) is 23.7 Å². The Morgan fingerprint density at radius 3 is 2.92 bits per heavy atom. The Labute approximate surface area is 159 Å². The number of anilines is 1. The summed E-state index contributed by atoms with van der Waals surface area (Å²) in [6.45, 7) is 3.38. The predicted molar refractivity (Wildman–Crippen MR) is 103 cm³/mol. The van der Waals surface area contributed by atoms with E-state index >= 15 is 0 Å². The lowest BCUT2D eigenvalue weighted by Gasteiger charge is -2.43. The van der Waals surface area contributed by atoms with Gasteiger partial charge in [0, 0.05) is 34.4 Å². The summed E-state index contributed by atoms with van der Waals surface area (Å²) < 4.78 is 17.7. The van der Waals surface area contributed by atoms with Gasteiger partial charge in [0.25, 0.3) is 0 Å². The molecule has 0 aromatic heterocycles. The molecule has 2 aromatic carbocycles. The van der Waals surface area contributed by atoms with E-state index in [0.29, 0.717) is 12.5 Å². The van der Waals surface area contributed by atoms with Crippen molar-refractivity contribution in [2.45, 2.75) is 31.9 Å². The molecule has 0 radical (unpaired) electrons. The van der Waals surface area contributed by atoms with Crippen molar-refractivity contribution in [3.8, 4) is 11.5 Å². The first-order valence-electron chi connectivity index (χ1n) is 9.20. The highest BCUT2D eigenvalue weighted by molar-refractivity contribution is 6.30. The molecule has 2 aliphatic rings. The number of halogens is 1. The van der Waals surface area contributed by atoms with E-state index in [9.17, 15) is 0 Å². The summed E-state index contributed by atoms with van der Waals surface area (Å²) in [5, 5.41) is 4.46. The third-order valence-corrected chi connectivity index (χ3v) is 5.52. The van der Waals surface area contributed by atoms with Crippen molar-refractivity contribution in [2.75, 3.05) is 25.6 Å². The molecular weight excluding hydrogens is 350 g/mol. The van der Waals surface area contributed by atoms with Crippen molar-refractivity contribution < 1.29 is 14.2 Å². The highest BCUT2D eigenvalue weighted by Gasteiger charge is 2.41. The van der Waals surface area contributed by atoms with E-state index in [2.05, 4.69) is 11.4 Å². The van der Waals surface area contributed by atoms with Crippen LogP contribution in [0.3, 0.4) is 0 Å². The largest absolute Gasteiger partial charge is 0.493 e. The lowest BCUT2D eigenvalue weighted by Crippen LogP contribution is -2.36. The van der Waals surface area contributed by atoms with Crippen LogP contribution in [0, 0.1) is 5.92 Å². The molecule has 3 atom stereocenters. The molecule has 1 N–H and O–H groups in total. The van der Waals surface area contributed by atoms with E-state index < -0.39 is 0 Å². The maximum absolute atomic E-state index is 6.25. The van der Waals surface area contributed by atoms with Crippen LogP contribution in [0.4, 0.5) is 5.69 Å². The summed E-state index contributed by atoms with van der Waals surface area (Å²) in [4.78, 5) is 0. The Balaban J connectivity index is 1.81. The first-order valence-corrected chi connectivity index (χ1v) is 9.58. The van der Waals surface area contributed by atoms with Crippen LogP contribution < -0.4 is 14.8 Å².